The zero-order valence-corrected chi connectivity index (χ0v) is 14.3. The summed E-state index contributed by atoms with van der Waals surface area (Å²) in [6, 6.07) is 6.23. The molecule has 112 valence electrons. The summed E-state index contributed by atoms with van der Waals surface area (Å²) in [6.45, 7) is 7.77. The first kappa shape index (κ1) is 15.8. The minimum atomic E-state index is -0.808. The third kappa shape index (κ3) is 2.87. The molecule has 0 bridgehead atoms. The number of halogens is 1. The molecule has 0 radical (unpaired) electrons. The van der Waals surface area contributed by atoms with Crippen LogP contribution in [0.4, 0.5) is 0 Å². The van der Waals surface area contributed by atoms with Crippen LogP contribution < -0.4 is 4.74 Å². The number of hydrogen-bond acceptors (Lipinski definition) is 3. The van der Waals surface area contributed by atoms with Gasteiger partial charge in [0.25, 0.3) is 0 Å². The van der Waals surface area contributed by atoms with Gasteiger partial charge in [-0.05, 0) is 45.5 Å². The summed E-state index contributed by atoms with van der Waals surface area (Å²) in [5.74, 6) is 0.995. The van der Waals surface area contributed by atoms with Crippen molar-refractivity contribution in [1.29, 1.82) is 0 Å². The molecule has 0 aliphatic carbocycles. The average Bonchev–Trinajstić information content (AvgIpc) is 2.39. The highest BCUT2D eigenvalue weighted by atomic mass is 79.9. The number of likely N-dealkylation sites (tertiary alicyclic amines) is 1. The summed E-state index contributed by atoms with van der Waals surface area (Å²) in [5, 5.41) is 11.3. The topological polar surface area (TPSA) is 32.7 Å². The number of ether oxygens (including phenoxy) is 1. The molecule has 1 N–H and O–H groups in total. The molecule has 1 aromatic carbocycles. The Balaban J connectivity index is 2.40. The Morgan fingerprint density at radius 2 is 2.15 bits per heavy atom. The number of benzene rings is 1. The zero-order valence-electron chi connectivity index (χ0n) is 12.7. The molecule has 0 unspecified atom stereocenters. The first-order valence-corrected chi connectivity index (χ1v) is 8.03. The van der Waals surface area contributed by atoms with Gasteiger partial charge in [0, 0.05) is 28.5 Å². The Morgan fingerprint density at radius 3 is 2.80 bits per heavy atom. The van der Waals surface area contributed by atoms with E-state index in [1.165, 1.54) is 0 Å². The Labute approximate surface area is 130 Å². The average molecular weight is 342 g/mol. The van der Waals surface area contributed by atoms with E-state index in [2.05, 4.69) is 41.7 Å². The lowest BCUT2D eigenvalue weighted by Crippen LogP contribution is -2.51. The number of hydrogen-bond donors (Lipinski definition) is 1. The number of aliphatic hydroxyl groups is 1. The third-order valence-corrected chi connectivity index (χ3v) is 5.14. The minimum absolute atomic E-state index is 0.178. The minimum Gasteiger partial charge on any atom is -0.494 e. The summed E-state index contributed by atoms with van der Waals surface area (Å²) in [4.78, 5) is 2.30. The summed E-state index contributed by atoms with van der Waals surface area (Å²) in [6.07, 6.45) is 0.735. The Bertz CT molecular complexity index is 480. The van der Waals surface area contributed by atoms with Crippen molar-refractivity contribution in [2.45, 2.75) is 38.8 Å². The number of piperidine rings is 1. The van der Waals surface area contributed by atoms with Gasteiger partial charge in [-0.25, -0.2) is 0 Å². The van der Waals surface area contributed by atoms with Crippen molar-refractivity contribution in [2.24, 2.45) is 5.92 Å². The van der Waals surface area contributed by atoms with E-state index >= 15 is 0 Å². The van der Waals surface area contributed by atoms with Gasteiger partial charge < -0.3 is 14.7 Å². The molecule has 4 heteroatoms. The molecule has 1 saturated heterocycles. The van der Waals surface area contributed by atoms with Crippen LogP contribution in [0.25, 0.3) is 0 Å². The normalized spacial score (nSPS) is 31.3. The summed E-state index contributed by atoms with van der Waals surface area (Å²) < 4.78 is 6.53. The summed E-state index contributed by atoms with van der Waals surface area (Å²) in [7, 11) is 2.12. The standard InChI is InChI=1S/C16H24BrNO2/c1-5-20-13-6-7-15(17)14(8-13)16(19)9-12(3)18(4)10-11(16)2/h6-8,11-12,19H,5,9-10H2,1-4H3/t11-,12+,16+/m1/s1. The summed E-state index contributed by atoms with van der Waals surface area (Å²) in [5.41, 5.74) is 0.133. The van der Waals surface area contributed by atoms with Gasteiger partial charge in [-0.15, -0.1) is 0 Å². The van der Waals surface area contributed by atoms with Crippen LogP contribution in [-0.2, 0) is 5.60 Å². The lowest BCUT2D eigenvalue weighted by atomic mass is 9.74. The molecular formula is C16H24BrNO2. The van der Waals surface area contributed by atoms with Crippen LogP contribution in [0.3, 0.4) is 0 Å². The molecule has 0 spiro atoms. The Morgan fingerprint density at radius 1 is 1.45 bits per heavy atom. The predicted octanol–water partition coefficient (Wildman–Crippen LogP) is 3.40. The van der Waals surface area contributed by atoms with E-state index in [-0.39, 0.29) is 5.92 Å². The van der Waals surface area contributed by atoms with Crippen LogP contribution in [0.15, 0.2) is 22.7 Å². The van der Waals surface area contributed by atoms with Crippen molar-refractivity contribution >= 4 is 15.9 Å². The van der Waals surface area contributed by atoms with Crippen molar-refractivity contribution in [3.05, 3.63) is 28.2 Å². The van der Waals surface area contributed by atoms with Crippen molar-refractivity contribution in [3.63, 3.8) is 0 Å². The number of rotatable bonds is 3. The van der Waals surface area contributed by atoms with E-state index in [1.54, 1.807) is 0 Å². The lowest BCUT2D eigenvalue weighted by molar-refractivity contribution is -0.0849. The molecule has 1 aliphatic heterocycles. The number of nitrogens with zero attached hydrogens (tertiary/aromatic N) is 1. The first-order chi connectivity index (χ1) is 9.38. The Hall–Kier alpha value is -0.580. The van der Waals surface area contributed by atoms with Crippen LogP contribution in [0.1, 0.15) is 32.8 Å². The molecule has 0 aromatic heterocycles. The van der Waals surface area contributed by atoms with Crippen molar-refractivity contribution in [1.82, 2.24) is 4.90 Å². The van der Waals surface area contributed by atoms with Gasteiger partial charge in [0.2, 0.25) is 0 Å². The van der Waals surface area contributed by atoms with Gasteiger partial charge >= 0.3 is 0 Å². The second-order valence-electron chi connectivity index (χ2n) is 5.89. The fraction of sp³-hybridized carbons (Fsp3) is 0.625. The summed E-state index contributed by atoms with van der Waals surface area (Å²) >= 11 is 3.59. The SMILES string of the molecule is CCOc1ccc(Br)c([C@]2(O)C[C@H](C)N(C)C[C@H]2C)c1. The maximum Gasteiger partial charge on any atom is 0.119 e. The molecule has 2 rings (SSSR count). The second kappa shape index (κ2) is 6.04. The molecule has 0 amide bonds. The quantitative estimate of drug-likeness (QED) is 0.914. The van der Waals surface area contributed by atoms with E-state index in [4.69, 9.17) is 4.74 Å². The van der Waals surface area contributed by atoms with Crippen LogP contribution in [0.2, 0.25) is 0 Å². The molecule has 1 aromatic rings. The van der Waals surface area contributed by atoms with Gasteiger partial charge in [-0.2, -0.15) is 0 Å². The van der Waals surface area contributed by atoms with Crippen LogP contribution in [-0.4, -0.2) is 36.2 Å². The lowest BCUT2D eigenvalue weighted by Gasteiger charge is -2.46. The van der Waals surface area contributed by atoms with Gasteiger partial charge in [-0.3, -0.25) is 0 Å². The van der Waals surface area contributed by atoms with E-state index in [0.29, 0.717) is 12.6 Å². The molecular weight excluding hydrogens is 318 g/mol. The van der Waals surface area contributed by atoms with E-state index in [0.717, 1.165) is 28.8 Å². The zero-order chi connectivity index (χ0) is 14.9. The van der Waals surface area contributed by atoms with Gasteiger partial charge in [0.15, 0.2) is 0 Å². The Kier molecular flexibility index (Phi) is 4.77. The maximum atomic E-state index is 11.3. The monoisotopic (exact) mass is 341 g/mol. The van der Waals surface area contributed by atoms with Crippen molar-refractivity contribution in [3.8, 4) is 5.75 Å². The van der Waals surface area contributed by atoms with Crippen LogP contribution in [0, 0.1) is 5.92 Å². The highest BCUT2D eigenvalue weighted by molar-refractivity contribution is 9.10. The largest absolute Gasteiger partial charge is 0.494 e. The third-order valence-electron chi connectivity index (χ3n) is 4.45. The fourth-order valence-electron chi connectivity index (χ4n) is 3.04. The predicted molar refractivity (Wildman–Crippen MR) is 85.1 cm³/mol. The van der Waals surface area contributed by atoms with Crippen LogP contribution >= 0.6 is 15.9 Å². The van der Waals surface area contributed by atoms with Gasteiger partial charge in [0.05, 0.1) is 12.2 Å². The molecule has 1 fully saturated rings. The van der Waals surface area contributed by atoms with Gasteiger partial charge in [0.1, 0.15) is 5.75 Å². The smallest absolute Gasteiger partial charge is 0.119 e. The van der Waals surface area contributed by atoms with Crippen LogP contribution in [0.5, 0.6) is 5.75 Å². The fourth-order valence-corrected chi connectivity index (χ4v) is 3.63. The van der Waals surface area contributed by atoms with Crippen molar-refractivity contribution in [2.75, 3.05) is 20.2 Å². The van der Waals surface area contributed by atoms with Gasteiger partial charge in [-0.1, -0.05) is 22.9 Å². The molecule has 1 aliphatic rings. The maximum absolute atomic E-state index is 11.3. The van der Waals surface area contributed by atoms with E-state index in [1.807, 2.05) is 25.1 Å². The first-order valence-electron chi connectivity index (χ1n) is 7.24. The van der Waals surface area contributed by atoms with E-state index < -0.39 is 5.60 Å². The molecule has 3 nitrogen and oxygen atoms in total. The molecule has 3 atom stereocenters. The van der Waals surface area contributed by atoms with E-state index in [9.17, 15) is 5.11 Å². The second-order valence-corrected chi connectivity index (χ2v) is 6.75. The molecule has 20 heavy (non-hydrogen) atoms. The van der Waals surface area contributed by atoms with Crippen molar-refractivity contribution < 1.29 is 9.84 Å². The molecule has 0 saturated carbocycles. The molecule has 1 heterocycles. The highest BCUT2D eigenvalue weighted by Gasteiger charge is 2.43. The highest BCUT2D eigenvalue weighted by Crippen LogP contribution is 2.43.